The van der Waals surface area contributed by atoms with Gasteiger partial charge in [-0.25, -0.2) is 0 Å². The Bertz CT molecular complexity index is 354. The van der Waals surface area contributed by atoms with Crippen molar-refractivity contribution >= 4 is 10.2 Å². The Morgan fingerprint density at radius 3 is 2.47 bits per heavy atom. The van der Waals surface area contributed by atoms with E-state index in [9.17, 15) is 13.5 Å². The third kappa shape index (κ3) is 3.19. The van der Waals surface area contributed by atoms with E-state index in [-0.39, 0.29) is 11.5 Å². The summed E-state index contributed by atoms with van der Waals surface area (Å²) in [6, 6.07) is -0.174. The largest absolute Gasteiger partial charge is 0.392 e. The zero-order valence-electron chi connectivity index (χ0n) is 11.1. The Balaban J connectivity index is 2.56. The van der Waals surface area contributed by atoms with E-state index in [4.69, 9.17) is 0 Å². The van der Waals surface area contributed by atoms with Gasteiger partial charge in [0.05, 0.1) is 6.10 Å². The van der Waals surface area contributed by atoms with Crippen molar-refractivity contribution in [2.24, 2.45) is 5.41 Å². The minimum atomic E-state index is -3.41. The summed E-state index contributed by atoms with van der Waals surface area (Å²) in [5, 5.41) is 9.57. The van der Waals surface area contributed by atoms with E-state index in [0.717, 1.165) is 12.8 Å². The predicted molar refractivity (Wildman–Crippen MR) is 67.8 cm³/mol. The molecule has 0 aliphatic heterocycles. The van der Waals surface area contributed by atoms with Crippen LogP contribution in [0.3, 0.4) is 0 Å². The van der Waals surface area contributed by atoms with Crippen molar-refractivity contribution in [1.29, 1.82) is 0 Å². The van der Waals surface area contributed by atoms with Crippen LogP contribution in [-0.2, 0) is 10.2 Å². The van der Waals surface area contributed by atoms with E-state index >= 15 is 0 Å². The minimum Gasteiger partial charge on any atom is -0.392 e. The Labute approximate surface area is 104 Å². The normalized spacial score (nSPS) is 28.1. The molecule has 0 aromatic heterocycles. The molecule has 0 heterocycles. The van der Waals surface area contributed by atoms with Crippen LogP contribution < -0.4 is 4.72 Å². The molecule has 0 saturated heterocycles. The molecule has 0 spiro atoms. The second-order valence-corrected chi connectivity index (χ2v) is 7.23. The van der Waals surface area contributed by atoms with Crippen LogP contribution in [0.4, 0.5) is 0 Å². The highest BCUT2D eigenvalue weighted by molar-refractivity contribution is 7.87. The van der Waals surface area contributed by atoms with Crippen molar-refractivity contribution in [3.8, 4) is 0 Å². The second kappa shape index (κ2) is 5.22. The Morgan fingerprint density at radius 1 is 1.47 bits per heavy atom. The van der Waals surface area contributed by atoms with Gasteiger partial charge in [-0.1, -0.05) is 27.2 Å². The van der Waals surface area contributed by atoms with Crippen molar-refractivity contribution < 1.29 is 13.5 Å². The van der Waals surface area contributed by atoms with Crippen LogP contribution in [0.2, 0.25) is 0 Å². The van der Waals surface area contributed by atoms with E-state index in [1.807, 2.05) is 20.8 Å². The van der Waals surface area contributed by atoms with Crippen molar-refractivity contribution in [3.05, 3.63) is 0 Å². The fourth-order valence-corrected chi connectivity index (χ4v) is 3.18. The van der Waals surface area contributed by atoms with Gasteiger partial charge in [0, 0.05) is 25.0 Å². The lowest BCUT2D eigenvalue weighted by Gasteiger charge is -2.49. The monoisotopic (exact) mass is 264 g/mol. The van der Waals surface area contributed by atoms with E-state index in [0.29, 0.717) is 13.0 Å². The van der Waals surface area contributed by atoms with Gasteiger partial charge in [-0.15, -0.1) is 0 Å². The molecule has 2 atom stereocenters. The predicted octanol–water partition coefficient (Wildman–Crippen LogP) is 0.712. The lowest BCUT2D eigenvalue weighted by molar-refractivity contribution is -0.0649. The molecule has 0 radical (unpaired) electrons. The number of hydrogen-bond donors (Lipinski definition) is 2. The summed E-state index contributed by atoms with van der Waals surface area (Å²) in [7, 11) is -1.83. The van der Waals surface area contributed by atoms with Gasteiger partial charge in [-0.05, 0) is 12.8 Å². The third-order valence-electron chi connectivity index (χ3n) is 3.74. The van der Waals surface area contributed by atoms with Crippen LogP contribution in [0.25, 0.3) is 0 Å². The van der Waals surface area contributed by atoms with E-state index in [1.165, 1.54) is 4.31 Å². The van der Waals surface area contributed by atoms with E-state index < -0.39 is 16.3 Å². The highest BCUT2D eigenvalue weighted by Gasteiger charge is 2.49. The van der Waals surface area contributed by atoms with Crippen LogP contribution in [0, 0.1) is 5.41 Å². The molecule has 1 rings (SSSR count). The quantitative estimate of drug-likeness (QED) is 0.742. The molecule has 0 bridgehead atoms. The molecule has 0 aromatic rings. The third-order valence-corrected chi connectivity index (χ3v) is 5.33. The first-order valence-electron chi connectivity index (χ1n) is 6.13. The maximum absolute atomic E-state index is 12.0. The number of nitrogens with one attached hydrogen (secondary N) is 1. The van der Waals surface area contributed by atoms with Gasteiger partial charge in [0.25, 0.3) is 10.2 Å². The molecular weight excluding hydrogens is 240 g/mol. The Hall–Kier alpha value is -0.170. The number of rotatable bonds is 6. The summed E-state index contributed by atoms with van der Waals surface area (Å²) in [4.78, 5) is 0. The zero-order chi connectivity index (χ0) is 13.3. The first kappa shape index (κ1) is 14.9. The number of aliphatic hydroxyl groups excluding tert-OH is 1. The second-order valence-electron chi connectivity index (χ2n) is 5.42. The zero-order valence-corrected chi connectivity index (χ0v) is 11.9. The van der Waals surface area contributed by atoms with Gasteiger partial charge in [-0.2, -0.15) is 17.4 Å². The summed E-state index contributed by atoms with van der Waals surface area (Å²) < 4.78 is 27.9. The summed E-state index contributed by atoms with van der Waals surface area (Å²) in [6.07, 6.45) is 1.89. The van der Waals surface area contributed by atoms with Gasteiger partial charge in [0.1, 0.15) is 0 Å². The maximum Gasteiger partial charge on any atom is 0.279 e. The van der Waals surface area contributed by atoms with Crippen molar-refractivity contribution in [2.45, 2.75) is 52.2 Å². The molecule has 2 unspecified atom stereocenters. The highest BCUT2D eigenvalue weighted by Crippen LogP contribution is 2.40. The van der Waals surface area contributed by atoms with Crippen LogP contribution in [-0.4, -0.2) is 43.6 Å². The standard InChI is InChI=1S/C11H24N2O3S/c1-5-6-7-13(4)17(15,16)12-9-8-10(14)11(9,2)3/h9-10,12,14H,5-8H2,1-4H3. The van der Waals surface area contributed by atoms with Crippen LogP contribution in [0.15, 0.2) is 0 Å². The van der Waals surface area contributed by atoms with Gasteiger partial charge in [-0.3, -0.25) is 0 Å². The number of aliphatic hydroxyl groups is 1. The van der Waals surface area contributed by atoms with Crippen molar-refractivity contribution in [1.82, 2.24) is 9.03 Å². The summed E-state index contributed by atoms with van der Waals surface area (Å²) in [6.45, 7) is 6.31. The molecule has 1 saturated carbocycles. The molecular formula is C11H24N2O3S. The first-order chi connectivity index (χ1) is 7.71. The summed E-state index contributed by atoms with van der Waals surface area (Å²) in [5.41, 5.74) is -0.376. The maximum atomic E-state index is 12.0. The van der Waals surface area contributed by atoms with Gasteiger partial charge in [0.2, 0.25) is 0 Å². The summed E-state index contributed by atoms with van der Waals surface area (Å²) in [5.74, 6) is 0. The Kier molecular flexibility index (Phi) is 4.57. The molecule has 17 heavy (non-hydrogen) atoms. The van der Waals surface area contributed by atoms with Gasteiger partial charge in [0.15, 0.2) is 0 Å². The van der Waals surface area contributed by atoms with Gasteiger partial charge < -0.3 is 5.11 Å². The van der Waals surface area contributed by atoms with Crippen LogP contribution in [0.5, 0.6) is 0 Å². The van der Waals surface area contributed by atoms with E-state index in [1.54, 1.807) is 7.05 Å². The molecule has 1 aliphatic carbocycles. The fourth-order valence-electron chi connectivity index (χ4n) is 1.87. The first-order valence-corrected chi connectivity index (χ1v) is 7.57. The SMILES string of the molecule is CCCCN(C)S(=O)(=O)NC1CC(O)C1(C)C. The number of hydrogen-bond acceptors (Lipinski definition) is 3. The van der Waals surface area contributed by atoms with Crippen molar-refractivity contribution in [2.75, 3.05) is 13.6 Å². The minimum absolute atomic E-state index is 0.174. The van der Waals surface area contributed by atoms with Crippen molar-refractivity contribution in [3.63, 3.8) is 0 Å². The fraction of sp³-hybridized carbons (Fsp3) is 1.00. The molecule has 0 amide bonds. The van der Waals surface area contributed by atoms with Gasteiger partial charge >= 0.3 is 0 Å². The lowest BCUT2D eigenvalue weighted by Crippen LogP contribution is -2.62. The lowest BCUT2D eigenvalue weighted by atomic mass is 9.65. The molecule has 0 aromatic carbocycles. The van der Waals surface area contributed by atoms with Crippen LogP contribution in [0.1, 0.15) is 40.0 Å². The topological polar surface area (TPSA) is 69.6 Å². The summed E-state index contributed by atoms with van der Waals surface area (Å²) >= 11 is 0. The molecule has 5 nitrogen and oxygen atoms in total. The molecule has 2 N–H and O–H groups in total. The molecule has 1 aliphatic rings. The molecule has 102 valence electrons. The number of nitrogens with zero attached hydrogens (tertiary/aromatic N) is 1. The smallest absolute Gasteiger partial charge is 0.279 e. The van der Waals surface area contributed by atoms with E-state index in [2.05, 4.69) is 4.72 Å². The molecule has 1 fully saturated rings. The number of unbranched alkanes of at least 4 members (excludes halogenated alkanes) is 1. The van der Waals surface area contributed by atoms with Crippen LogP contribution >= 0.6 is 0 Å². The molecule has 6 heteroatoms. The average molecular weight is 264 g/mol. The Morgan fingerprint density at radius 2 is 2.06 bits per heavy atom. The highest BCUT2D eigenvalue weighted by atomic mass is 32.2. The average Bonchev–Trinajstić information content (AvgIpc) is 2.25.